The van der Waals surface area contributed by atoms with Gasteiger partial charge in [0.1, 0.15) is 0 Å². The van der Waals surface area contributed by atoms with Crippen molar-refractivity contribution in [3.8, 4) is 0 Å². The van der Waals surface area contributed by atoms with E-state index in [1.165, 1.54) is 22.4 Å². The van der Waals surface area contributed by atoms with E-state index in [9.17, 15) is 0 Å². The Hall–Kier alpha value is -1.76. The first-order valence-corrected chi connectivity index (χ1v) is 6.51. The molecule has 0 atom stereocenters. The van der Waals surface area contributed by atoms with E-state index >= 15 is 0 Å². The van der Waals surface area contributed by atoms with E-state index in [0.29, 0.717) is 5.92 Å². The first-order valence-electron chi connectivity index (χ1n) is 6.51. The molecule has 1 N–H and O–H groups in total. The van der Waals surface area contributed by atoms with E-state index in [0.717, 1.165) is 5.69 Å². The lowest BCUT2D eigenvalue weighted by Crippen LogP contribution is -1.98. The molecule has 0 fully saturated rings. The molecule has 2 rings (SSSR count). The normalized spacial score (nSPS) is 10.7. The Labute approximate surface area is 110 Å². The van der Waals surface area contributed by atoms with Crippen LogP contribution in [0.1, 0.15) is 36.5 Å². The Kier molecular flexibility index (Phi) is 3.71. The van der Waals surface area contributed by atoms with Gasteiger partial charge in [-0.3, -0.25) is 0 Å². The van der Waals surface area contributed by atoms with E-state index in [2.05, 4.69) is 75.5 Å². The van der Waals surface area contributed by atoms with Crippen LogP contribution in [0.25, 0.3) is 0 Å². The third-order valence-electron chi connectivity index (χ3n) is 3.37. The number of aryl methyl sites for hydroxylation is 2. The molecule has 0 aliphatic rings. The maximum Gasteiger partial charge on any atom is 0.0419 e. The van der Waals surface area contributed by atoms with Crippen LogP contribution in [0, 0.1) is 13.8 Å². The van der Waals surface area contributed by atoms with Gasteiger partial charge in [-0.2, -0.15) is 0 Å². The van der Waals surface area contributed by atoms with Crippen LogP contribution < -0.4 is 5.32 Å². The summed E-state index contributed by atoms with van der Waals surface area (Å²) in [4.78, 5) is 0. The summed E-state index contributed by atoms with van der Waals surface area (Å²) in [6.07, 6.45) is 0. The Bertz CT molecular complexity index is 541. The average Bonchev–Trinajstić information content (AvgIpc) is 2.34. The molecule has 2 aromatic rings. The van der Waals surface area contributed by atoms with Crippen LogP contribution in [0.2, 0.25) is 0 Å². The average molecular weight is 239 g/mol. The van der Waals surface area contributed by atoms with Gasteiger partial charge in [0.15, 0.2) is 0 Å². The molecule has 1 heteroatoms. The van der Waals surface area contributed by atoms with E-state index < -0.39 is 0 Å². The number of nitrogens with one attached hydrogen (secondary N) is 1. The minimum atomic E-state index is 0.528. The third-order valence-corrected chi connectivity index (χ3v) is 3.37. The number of anilines is 2. The van der Waals surface area contributed by atoms with Crippen LogP contribution in [0.15, 0.2) is 42.5 Å². The van der Waals surface area contributed by atoms with Crippen molar-refractivity contribution in [2.75, 3.05) is 5.32 Å². The van der Waals surface area contributed by atoms with Crippen LogP contribution in [0.3, 0.4) is 0 Å². The van der Waals surface area contributed by atoms with Gasteiger partial charge in [-0.25, -0.2) is 0 Å². The van der Waals surface area contributed by atoms with Crippen molar-refractivity contribution >= 4 is 11.4 Å². The SMILES string of the molecule is Cc1ccc(Nc2ccccc2C(C)C)cc1C. The van der Waals surface area contributed by atoms with Crippen LogP contribution in [-0.4, -0.2) is 0 Å². The minimum Gasteiger partial charge on any atom is -0.355 e. The van der Waals surface area contributed by atoms with Crippen molar-refractivity contribution in [1.82, 2.24) is 0 Å². The zero-order valence-electron chi connectivity index (χ0n) is 11.6. The minimum absolute atomic E-state index is 0.528. The van der Waals surface area contributed by atoms with Crippen molar-refractivity contribution in [2.45, 2.75) is 33.6 Å². The topological polar surface area (TPSA) is 12.0 Å². The van der Waals surface area contributed by atoms with Crippen LogP contribution in [-0.2, 0) is 0 Å². The summed E-state index contributed by atoms with van der Waals surface area (Å²) >= 11 is 0. The number of hydrogen-bond acceptors (Lipinski definition) is 1. The maximum absolute atomic E-state index is 3.52. The molecule has 2 aromatic carbocycles. The van der Waals surface area contributed by atoms with Crippen molar-refractivity contribution in [3.05, 3.63) is 59.2 Å². The Morgan fingerprint density at radius 1 is 0.889 bits per heavy atom. The van der Waals surface area contributed by atoms with Crippen LogP contribution in [0.5, 0.6) is 0 Å². The number of hydrogen-bond donors (Lipinski definition) is 1. The highest BCUT2D eigenvalue weighted by atomic mass is 14.9. The molecule has 0 spiro atoms. The first kappa shape index (κ1) is 12.7. The molecule has 0 radical (unpaired) electrons. The predicted molar refractivity (Wildman–Crippen MR) is 79.7 cm³/mol. The second-order valence-electron chi connectivity index (χ2n) is 5.17. The second kappa shape index (κ2) is 5.26. The van der Waals surface area contributed by atoms with Gasteiger partial charge in [0.05, 0.1) is 0 Å². The summed E-state index contributed by atoms with van der Waals surface area (Å²) in [5, 5.41) is 3.52. The molecule has 0 heterocycles. The lowest BCUT2D eigenvalue weighted by Gasteiger charge is -2.15. The molecule has 0 bridgehead atoms. The van der Waals surface area contributed by atoms with Gasteiger partial charge in [-0.15, -0.1) is 0 Å². The summed E-state index contributed by atoms with van der Waals surface area (Å²) in [5.41, 5.74) is 6.37. The Balaban J connectivity index is 2.31. The largest absolute Gasteiger partial charge is 0.355 e. The first-order chi connectivity index (χ1) is 8.58. The van der Waals surface area contributed by atoms with Crippen LogP contribution in [0.4, 0.5) is 11.4 Å². The lowest BCUT2D eigenvalue weighted by molar-refractivity contribution is 0.869. The molecule has 0 unspecified atom stereocenters. The summed E-state index contributed by atoms with van der Waals surface area (Å²) in [5.74, 6) is 0.528. The zero-order chi connectivity index (χ0) is 13.1. The number of benzene rings is 2. The highest BCUT2D eigenvalue weighted by Crippen LogP contribution is 2.27. The fourth-order valence-electron chi connectivity index (χ4n) is 2.09. The molecule has 0 saturated carbocycles. The van der Waals surface area contributed by atoms with Crippen molar-refractivity contribution in [3.63, 3.8) is 0 Å². The Morgan fingerprint density at radius 2 is 1.61 bits per heavy atom. The van der Waals surface area contributed by atoms with Gasteiger partial charge >= 0.3 is 0 Å². The van der Waals surface area contributed by atoms with Crippen molar-refractivity contribution in [2.24, 2.45) is 0 Å². The quantitative estimate of drug-likeness (QED) is 0.779. The van der Waals surface area contributed by atoms with Gasteiger partial charge in [0, 0.05) is 11.4 Å². The van der Waals surface area contributed by atoms with Gasteiger partial charge in [-0.1, -0.05) is 38.1 Å². The van der Waals surface area contributed by atoms with Crippen LogP contribution >= 0.6 is 0 Å². The second-order valence-corrected chi connectivity index (χ2v) is 5.17. The Morgan fingerprint density at radius 3 is 2.28 bits per heavy atom. The summed E-state index contributed by atoms with van der Waals surface area (Å²) < 4.78 is 0. The number of para-hydroxylation sites is 1. The van der Waals surface area contributed by atoms with Gasteiger partial charge in [0.2, 0.25) is 0 Å². The molecule has 94 valence electrons. The molecular weight excluding hydrogens is 218 g/mol. The van der Waals surface area contributed by atoms with Gasteiger partial charge < -0.3 is 5.32 Å². The monoisotopic (exact) mass is 239 g/mol. The molecule has 0 aliphatic carbocycles. The molecular formula is C17H21N. The fraction of sp³-hybridized carbons (Fsp3) is 0.294. The maximum atomic E-state index is 3.52. The number of rotatable bonds is 3. The fourth-order valence-corrected chi connectivity index (χ4v) is 2.09. The molecule has 0 aromatic heterocycles. The summed E-state index contributed by atoms with van der Waals surface area (Å²) in [6, 6.07) is 15.0. The third kappa shape index (κ3) is 2.73. The smallest absolute Gasteiger partial charge is 0.0419 e. The summed E-state index contributed by atoms with van der Waals surface area (Å²) in [7, 11) is 0. The van der Waals surface area contributed by atoms with E-state index in [1.54, 1.807) is 0 Å². The van der Waals surface area contributed by atoms with E-state index in [4.69, 9.17) is 0 Å². The van der Waals surface area contributed by atoms with E-state index in [1.807, 2.05) is 0 Å². The molecule has 18 heavy (non-hydrogen) atoms. The zero-order valence-corrected chi connectivity index (χ0v) is 11.6. The van der Waals surface area contributed by atoms with Gasteiger partial charge in [0.25, 0.3) is 0 Å². The highest BCUT2D eigenvalue weighted by molar-refractivity contribution is 5.64. The van der Waals surface area contributed by atoms with Crippen molar-refractivity contribution in [1.29, 1.82) is 0 Å². The standard InChI is InChI=1S/C17H21N/c1-12(2)16-7-5-6-8-17(16)18-15-10-9-13(3)14(4)11-15/h5-12,18H,1-4H3. The summed E-state index contributed by atoms with van der Waals surface area (Å²) in [6.45, 7) is 8.73. The van der Waals surface area contributed by atoms with E-state index in [-0.39, 0.29) is 0 Å². The molecule has 0 saturated heterocycles. The molecule has 0 aliphatic heterocycles. The highest BCUT2D eigenvalue weighted by Gasteiger charge is 2.06. The predicted octanol–water partition coefficient (Wildman–Crippen LogP) is 5.17. The van der Waals surface area contributed by atoms with Crippen molar-refractivity contribution < 1.29 is 0 Å². The molecule has 0 amide bonds. The lowest BCUT2D eigenvalue weighted by atomic mass is 10.0. The van der Waals surface area contributed by atoms with Gasteiger partial charge in [-0.05, 0) is 54.7 Å². The molecule has 1 nitrogen and oxygen atoms in total.